The van der Waals surface area contributed by atoms with Gasteiger partial charge in [-0.25, -0.2) is 4.79 Å². The molecule has 0 saturated carbocycles. The smallest absolute Gasteiger partial charge is 0.334 e. The van der Waals surface area contributed by atoms with Crippen LogP contribution in [0.2, 0.25) is 0 Å². The number of allylic oxidation sites excluding steroid dienone is 3. The highest BCUT2D eigenvalue weighted by Gasteiger charge is 2.16. The van der Waals surface area contributed by atoms with Gasteiger partial charge in [0.05, 0.1) is 7.11 Å². The fraction of sp³-hybridized carbons (Fsp3) is 0.312. The third-order valence-electron chi connectivity index (χ3n) is 2.98. The van der Waals surface area contributed by atoms with E-state index in [0.717, 1.165) is 22.3 Å². The maximum absolute atomic E-state index is 11.9. The van der Waals surface area contributed by atoms with Gasteiger partial charge in [0, 0.05) is 5.57 Å². The molecule has 1 aromatic carbocycles. The molecule has 0 aliphatic rings. The van der Waals surface area contributed by atoms with Crippen LogP contribution in [0.15, 0.2) is 47.6 Å². The Morgan fingerprint density at radius 1 is 1.28 bits per heavy atom. The summed E-state index contributed by atoms with van der Waals surface area (Å²) in [5, 5.41) is 0. The molecule has 2 heteroatoms. The zero-order valence-electron chi connectivity index (χ0n) is 11.5. The molecule has 1 aromatic rings. The number of ether oxygens (including phenoxy) is 1. The SMILES string of the molecule is C/C=C(C)/C(=C(\CC)C(=O)OC)c1ccccc1. The fourth-order valence-electron chi connectivity index (χ4n) is 1.94. The van der Waals surface area contributed by atoms with E-state index in [9.17, 15) is 4.79 Å². The van der Waals surface area contributed by atoms with E-state index in [-0.39, 0.29) is 5.97 Å². The van der Waals surface area contributed by atoms with E-state index in [1.807, 2.05) is 57.2 Å². The molecular formula is C16H20O2. The van der Waals surface area contributed by atoms with Crippen LogP contribution in [-0.2, 0) is 9.53 Å². The van der Waals surface area contributed by atoms with E-state index in [4.69, 9.17) is 4.74 Å². The zero-order chi connectivity index (χ0) is 13.5. The summed E-state index contributed by atoms with van der Waals surface area (Å²) >= 11 is 0. The fourth-order valence-corrected chi connectivity index (χ4v) is 1.94. The molecule has 0 saturated heterocycles. The minimum atomic E-state index is -0.252. The first-order chi connectivity index (χ1) is 8.65. The maximum Gasteiger partial charge on any atom is 0.334 e. The average Bonchev–Trinajstić information content (AvgIpc) is 2.43. The molecule has 0 atom stereocenters. The second-order valence-corrected chi connectivity index (χ2v) is 4.04. The normalized spacial score (nSPS) is 13.0. The molecule has 96 valence electrons. The minimum absolute atomic E-state index is 0.252. The van der Waals surface area contributed by atoms with Gasteiger partial charge in [0.15, 0.2) is 0 Å². The lowest BCUT2D eigenvalue weighted by atomic mass is 9.92. The van der Waals surface area contributed by atoms with Crippen molar-refractivity contribution in [1.82, 2.24) is 0 Å². The largest absolute Gasteiger partial charge is 0.466 e. The minimum Gasteiger partial charge on any atom is -0.466 e. The molecule has 0 spiro atoms. The first-order valence-corrected chi connectivity index (χ1v) is 6.15. The number of carbonyl (C=O) groups excluding carboxylic acids is 1. The predicted octanol–water partition coefficient (Wildman–Crippen LogP) is 3.99. The molecule has 0 unspecified atom stereocenters. The third kappa shape index (κ3) is 3.10. The topological polar surface area (TPSA) is 26.3 Å². The van der Waals surface area contributed by atoms with E-state index in [0.29, 0.717) is 6.42 Å². The van der Waals surface area contributed by atoms with Crippen molar-refractivity contribution in [2.24, 2.45) is 0 Å². The number of rotatable bonds is 4. The van der Waals surface area contributed by atoms with Gasteiger partial charge < -0.3 is 4.74 Å². The van der Waals surface area contributed by atoms with Gasteiger partial charge in [0.2, 0.25) is 0 Å². The van der Waals surface area contributed by atoms with E-state index in [1.165, 1.54) is 7.11 Å². The lowest BCUT2D eigenvalue weighted by Gasteiger charge is -2.14. The van der Waals surface area contributed by atoms with Gasteiger partial charge >= 0.3 is 5.97 Å². The van der Waals surface area contributed by atoms with Gasteiger partial charge in [-0.1, -0.05) is 43.3 Å². The van der Waals surface area contributed by atoms with Gasteiger partial charge in [-0.2, -0.15) is 0 Å². The molecule has 0 N–H and O–H groups in total. The van der Waals surface area contributed by atoms with E-state index >= 15 is 0 Å². The quantitative estimate of drug-likeness (QED) is 0.455. The molecule has 0 aliphatic heterocycles. The van der Waals surface area contributed by atoms with E-state index in [1.54, 1.807) is 0 Å². The molecular weight excluding hydrogens is 224 g/mol. The van der Waals surface area contributed by atoms with Gasteiger partial charge in [-0.15, -0.1) is 0 Å². The summed E-state index contributed by atoms with van der Waals surface area (Å²) in [5.74, 6) is -0.252. The van der Waals surface area contributed by atoms with Crippen LogP contribution < -0.4 is 0 Å². The van der Waals surface area contributed by atoms with Gasteiger partial charge in [0.1, 0.15) is 0 Å². The summed E-state index contributed by atoms with van der Waals surface area (Å²) in [7, 11) is 1.42. The lowest BCUT2D eigenvalue weighted by Crippen LogP contribution is -2.07. The van der Waals surface area contributed by atoms with Crippen LogP contribution in [0.3, 0.4) is 0 Å². The highest BCUT2D eigenvalue weighted by Crippen LogP contribution is 2.28. The van der Waals surface area contributed by atoms with Crippen LogP contribution >= 0.6 is 0 Å². The van der Waals surface area contributed by atoms with Gasteiger partial charge in [-0.3, -0.25) is 0 Å². The Labute approximate surface area is 109 Å². The van der Waals surface area contributed by atoms with Crippen molar-refractivity contribution >= 4 is 11.5 Å². The summed E-state index contributed by atoms with van der Waals surface area (Å²) in [5.41, 5.74) is 3.84. The Morgan fingerprint density at radius 3 is 2.33 bits per heavy atom. The molecule has 0 bridgehead atoms. The summed E-state index contributed by atoms with van der Waals surface area (Å²) < 4.78 is 4.88. The maximum atomic E-state index is 11.9. The van der Waals surface area contributed by atoms with E-state index in [2.05, 4.69) is 0 Å². The van der Waals surface area contributed by atoms with Crippen LogP contribution in [0.25, 0.3) is 5.57 Å². The van der Waals surface area contributed by atoms with Crippen LogP contribution in [-0.4, -0.2) is 13.1 Å². The summed E-state index contributed by atoms with van der Waals surface area (Å²) in [6.07, 6.45) is 2.67. The summed E-state index contributed by atoms with van der Waals surface area (Å²) in [6.45, 7) is 5.96. The van der Waals surface area contributed by atoms with Crippen molar-refractivity contribution in [2.75, 3.05) is 7.11 Å². The molecule has 0 aromatic heterocycles. The van der Waals surface area contributed by atoms with Crippen molar-refractivity contribution in [3.63, 3.8) is 0 Å². The number of methoxy groups -OCH3 is 1. The number of benzene rings is 1. The summed E-state index contributed by atoms with van der Waals surface area (Å²) in [6, 6.07) is 9.95. The monoisotopic (exact) mass is 244 g/mol. The van der Waals surface area contributed by atoms with Crippen LogP contribution in [0.1, 0.15) is 32.8 Å². The Kier molecular flexibility index (Phi) is 5.37. The Balaban J connectivity index is 3.46. The molecule has 0 aliphatic carbocycles. The lowest BCUT2D eigenvalue weighted by molar-refractivity contribution is -0.136. The molecule has 0 radical (unpaired) electrons. The number of hydrogen-bond acceptors (Lipinski definition) is 2. The highest BCUT2D eigenvalue weighted by atomic mass is 16.5. The van der Waals surface area contributed by atoms with Gasteiger partial charge in [-0.05, 0) is 37.0 Å². The molecule has 0 amide bonds. The van der Waals surface area contributed by atoms with Crippen LogP contribution in [0.4, 0.5) is 0 Å². The van der Waals surface area contributed by atoms with Crippen LogP contribution in [0.5, 0.6) is 0 Å². The number of carbonyl (C=O) groups is 1. The number of esters is 1. The van der Waals surface area contributed by atoms with Crippen molar-refractivity contribution in [3.8, 4) is 0 Å². The second kappa shape index (κ2) is 6.80. The first kappa shape index (κ1) is 14.2. The molecule has 0 heterocycles. The zero-order valence-corrected chi connectivity index (χ0v) is 11.5. The predicted molar refractivity (Wildman–Crippen MR) is 75.1 cm³/mol. The number of hydrogen-bond donors (Lipinski definition) is 0. The standard InChI is InChI=1S/C16H20O2/c1-5-12(3)15(13-10-8-7-9-11-13)14(6-2)16(17)18-4/h5,7-11H,6H2,1-4H3/b12-5+,15-14-. The van der Waals surface area contributed by atoms with Crippen LogP contribution in [0, 0.1) is 0 Å². The average molecular weight is 244 g/mol. The highest BCUT2D eigenvalue weighted by molar-refractivity contribution is 6.01. The molecule has 18 heavy (non-hydrogen) atoms. The molecule has 1 rings (SSSR count). The molecule has 2 nitrogen and oxygen atoms in total. The van der Waals surface area contributed by atoms with E-state index < -0.39 is 0 Å². The van der Waals surface area contributed by atoms with Gasteiger partial charge in [0.25, 0.3) is 0 Å². The Hall–Kier alpha value is -1.83. The van der Waals surface area contributed by atoms with Crippen molar-refractivity contribution in [1.29, 1.82) is 0 Å². The first-order valence-electron chi connectivity index (χ1n) is 6.15. The Morgan fingerprint density at radius 2 is 1.89 bits per heavy atom. The summed E-state index contributed by atoms with van der Waals surface area (Å²) in [4.78, 5) is 11.9. The van der Waals surface area contributed by atoms with Crippen molar-refractivity contribution in [3.05, 3.63) is 53.1 Å². The van der Waals surface area contributed by atoms with Crippen molar-refractivity contribution in [2.45, 2.75) is 27.2 Å². The van der Waals surface area contributed by atoms with Crippen molar-refractivity contribution < 1.29 is 9.53 Å². The Bertz CT molecular complexity index is 467. The second-order valence-electron chi connectivity index (χ2n) is 4.04. The molecule has 0 fully saturated rings. The third-order valence-corrected chi connectivity index (χ3v) is 2.98.